The molecular formula is C73H85F2N9O5. The molecule has 3 N–H and O–H groups in total. The van der Waals surface area contributed by atoms with Crippen molar-refractivity contribution in [2.45, 2.75) is 187 Å². The number of carbonyl (C=O) groups excluding carboxylic acids is 3. The lowest BCUT2D eigenvalue weighted by Crippen LogP contribution is -2.50. The van der Waals surface area contributed by atoms with E-state index >= 15 is 0 Å². The molecule has 7 aromatic rings. The van der Waals surface area contributed by atoms with Gasteiger partial charge >= 0.3 is 5.97 Å². The number of tetrazole rings is 1. The summed E-state index contributed by atoms with van der Waals surface area (Å²) in [4.78, 5) is 56.2. The van der Waals surface area contributed by atoms with Gasteiger partial charge < -0.3 is 19.6 Å². The van der Waals surface area contributed by atoms with E-state index in [2.05, 4.69) is 116 Å². The summed E-state index contributed by atoms with van der Waals surface area (Å²) in [6, 6.07) is 48.2. The second-order valence-corrected chi connectivity index (χ2v) is 27.2. The normalized spacial score (nSPS) is 21.3. The number of amides is 2. The molecular weight excluding hydrogens is 1120 g/mol. The molecule has 466 valence electrons. The summed E-state index contributed by atoms with van der Waals surface area (Å²) in [6.45, 7) is 17.2. The van der Waals surface area contributed by atoms with Crippen LogP contribution < -0.4 is 5.32 Å². The maximum Gasteiger partial charge on any atom is 0.338 e. The largest absolute Gasteiger partial charge is 0.459 e. The predicted octanol–water partition coefficient (Wildman–Crippen LogP) is 15.0. The third kappa shape index (κ3) is 15.3. The van der Waals surface area contributed by atoms with Crippen LogP contribution >= 0.6 is 0 Å². The lowest BCUT2D eigenvalue weighted by Gasteiger charge is -2.46. The molecule has 0 saturated heterocycles. The van der Waals surface area contributed by atoms with E-state index in [-0.39, 0.29) is 65.0 Å². The third-order valence-electron chi connectivity index (χ3n) is 18.0. The van der Waals surface area contributed by atoms with Gasteiger partial charge in [0.05, 0.1) is 30.3 Å². The Bertz CT molecular complexity index is 3550. The molecule has 3 heterocycles. The molecule has 11 rings (SSSR count). The minimum atomic E-state index is -0.929. The van der Waals surface area contributed by atoms with Gasteiger partial charge in [0.2, 0.25) is 0 Å². The van der Waals surface area contributed by atoms with Crippen molar-refractivity contribution in [2.75, 3.05) is 0 Å². The van der Waals surface area contributed by atoms with Crippen molar-refractivity contribution in [3.05, 3.63) is 220 Å². The standard InChI is InChI=1S/C37H43FN2O3.C36H42FN7O2/c1-25(2)43-35(42)30-13-11-28(12-14-30)32(21-22-36(3,4)5)40-34(41)33(29-15-17-31(38)18-16-29)39-37(40)23-19-27(20-24-37)26-9-7-6-8-10-26;1-35(2,3)20-19-30(26-9-11-28(12-10-26)33(45)38-23-31-40-42-43-41-31)44-34(46)32(27-13-15-29(37)16-14-27)39-36(44)21-17-25(18-22-36)24-7-5-4-6-8-24/h6-18,25,27,32H,19-24H2,1-5H3;4-16,25,30,33,38,45H,17-23H2,1-3H3,(H,40,41,42,43)/t27?,32-,37?;25?,30-,33?,36?/m11/s1. The van der Waals surface area contributed by atoms with Gasteiger partial charge in [-0.2, -0.15) is 5.21 Å². The fourth-order valence-electron chi connectivity index (χ4n) is 13.3. The summed E-state index contributed by atoms with van der Waals surface area (Å²) < 4.78 is 33.2. The highest BCUT2D eigenvalue weighted by Crippen LogP contribution is 2.51. The monoisotopic (exact) mass is 1210 g/mol. The zero-order valence-corrected chi connectivity index (χ0v) is 52.6. The Morgan fingerprint density at radius 3 is 1.39 bits per heavy atom. The first kappa shape index (κ1) is 63.9. The maximum atomic E-state index is 14.6. The van der Waals surface area contributed by atoms with Crippen LogP contribution in [0, 0.1) is 22.5 Å². The molecule has 2 amide bonds. The molecule has 89 heavy (non-hydrogen) atoms. The average Bonchev–Trinajstić information content (AvgIpc) is 1.63. The number of aromatic amines is 1. The zero-order chi connectivity index (χ0) is 63.1. The topological polar surface area (TPSA) is 178 Å². The number of aromatic nitrogens is 4. The van der Waals surface area contributed by atoms with Crippen LogP contribution in [0.1, 0.15) is 218 Å². The Morgan fingerprint density at radius 2 is 1.01 bits per heavy atom. The van der Waals surface area contributed by atoms with Gasteiger partial charge in [-0.05, 0) is 202 Å². The minimum absolute atomic E-state index is 0.0506. The maximum absolute atomic E-state index is 14.6. The van der Waals surface area contributed by atoms with Gasteiger partial charge in [0.1, 0.15) is 40.6 Å². The van der Waals surface area contributed by atoms with Gasteiger partial charge in [-0.25, -0.2) is 13.6 Å². The Morgan fingerprint density at radius 1 is 0.607 bits per heavy atom. The number of halogens is 2. The van der Waals surface area contributed by atoms with E-state index in [0.29, 0.717) is 51.3 Å². The molecule has 2 spiro atoms. The molecule has 2 fully saturated rings. The number of rotatable bonds is 18. The number of aliphatic hydroxyl groups is 1. The molecule has 2 aliphatic heterocycles. The number of carbonyl (C=O) groups is 3. The van der Waals surface area contributed by atoms with Crippen molar-refractivity contribution in [3.8, 4) is 0 Å². The Labute approximate surface area is 522 Å². The van der Waals surface area contributed by atoms with E-state index < -0.39 is 17.6 Å². The molecule has 0 radical (unpaired) electrons. The van der Waals surface area contributed by atoms with Crippen LogP contribution in [0.15, 0.2) is 168 Å². The van der Waals surface area contributed by atoms with Crippen molar-refractivity contribution < 1.29 is 33.0 Å². The van der Waals surface area contributed by atoms with Crippen LogP contribution in [0.4, 0.5) is 8.78 Å². The second kappa shape index (κ2) is 27.3. The van der Waals surface area contributed by atoms with Crippen molar-refractivity contribution in [3.63, 3.8) is 0 Å². The fourth-order valence-corrected chi connectivity index (χ4v) is 13.3. The number of esters is 1. The van der Waals surface area contributed by atoms with E-state index in [9.17, 15) is 28.3 Å². The third-order valence-corrected chi connectivity index (χ3v) is 18.0. The van der Waals surface area contributed by atoms with Crippen molar-refractivity contribution in [1.29, 1.82) is 0 Å². The summed E-state index contributed by atoms with van der Waals surface area (Å²) in [7, 11) is 0. The van der Waals surface area contributed by atoms with Crippen LogP contribution in [0.2, 0.25) is 0 Å². The lowest BCUT2D eigenvalue weighted by molar-refractivity contribution is -0.134. The van der Waals surface area contributed by atoms with Crippen LogP contribution in [-0.4, -0.2) is 82.2 Å². The molecule has 0 bridgehead atoms. The molecule has 14 nitrogen and oxygen atoms in total. The first-order valence-electron chi connectivity index (χ1n) is 31.6. The molecule has 3 atom stereocenters. The van der Waals surface area contributed by atoms with E-state index in [0.717, 1.165) is 88.2 Å². The second-order valence-electron chi connectivity index (χ2n) is 27.2. The number of aliphatic imine (C=N–C) groups is 2. The number of benzene rings is 6. The highest BCUT2D eigenvalue weighted by Gasteiger charge is 2.54. The number of H-pyrrole nitrogens is 1. The fraction of sp³-hybridized carbons (Fsp3) is 0.425. The van der Waals surface area contributed by atoms with Crippen LogP contribution in [0.25, 0.3) is 0 Å². The summed E-state index contributed by atoms with van der Waals surface area (Å²) in [5.74, 6) is -0.0136. The summed E-state index contributed by atoms with van der Waals surface area (Å²) in [5, 5.41) is 27.6. The van der Waals surface area contributed by atoms with E-state index in [1.165, 1.54) is 35.4 Å². The first-order valence-corrected chi connectivity index (χ1v) is 31.6. The van der Waals surface area contributed by atoms with Gasteiger partial charge in [0.15, 0.2) is 5.82 Å². The number of nitrogens with one attached hydrogen (secondary N) is 2. The highest BCUT2D eigenvalue weighted by atomic mass is 19.1. The molecule has 1 unspecified atom stereocenters. The Kier molecular flexibility index (Phi) is 19.6. The van der Waals surface area contributed by atoms with Crippen molar-refractivity contribution in [1.82, 2.24) is 35.7 Å². The Hall–Kier alpha value is -8.08. The molecule has 4 aliphatic rings. The summed E-state index contributed by atoms with van der Waals surface area (Å²) in [6.07, 6.45) is 8.79. The van der Waals surface area contributed by atoms with Crippen molar-refractivity contribution >= 4 is 29.2 Å². The molecule has 2 saturated carbocycles. The van der Waals surface area contributed by atoms with Gasteiger partial charge in [-0.1, -0.05) is 144 Å². The van der Waals surface area contributed by atoms with E-state index in [1.54, 1.807) is 36.4 Å². The first-order chi connectivity index (χ1) is 42.6. The van der Waals surface area contributed by atoms with Crippen LogP contribution in [0.3, 0.4) is 0 Å². The lowest BCUT2D eigenvalue weighted by atomic mass is 9.77. The van der Waals surface area contributed by atoms with Gasteiger partial charge in [0.25, 0.3) is 11.8 Å². The van der Waals surface area contributed by atoms with Crippen LogP contribution in [-0.2, 0) is 20.9 Å². The number of hydrogen-bond acceptors (Lipinski definition) is 11. The molecule has 2 aliphatic carbocycles. The van der Waals surface area contributed by atoms with Crippen LogP contribution in [0.5, 0.6) is 0 Å². The molecule has 6 aromatic carbocycles. The molecule has 16 heteroatoms. The number of aliphatic hydroxyl groups excluding tert-OH is 1. The van der Waals surface area contributed by atoms with Gasteiger partial charge in [-0.15, -0.1) is 10.2 Å². The van der Waals surface area contributed by atoms with Crippen molar-refractivity contribution in [2.24, 2.45) is 20.8 Å². The number of hydrogen-bond donors (Lipinski definition) is 3. The average molecular weight is 1210 g/mol. The SMILES string of the molecule is CC(C)(C)CC[C@H](c1ccc(C(O)NCc2nn[nH]n2)cc1)N1C(=O)C(c2ccc(F)cc2)=NC12CCC(c1ccccc1)CC2.CC(C)OC(=O)c1ccc([C@@H](CCC(C)(C)C)N2C(=O)C(c3ccc(F)cc3)=NC23CCC(c2ccccc2)CC3)cc1. The molecule has 1 aromatic heterocycles. The zero-order valence-electron chi connectivity index (χ0n) is 52.6. The van der Waals surface area contributed by atoms with E-state index in [1.807, 2.05) is 72.2 Å². The number of nitrogens with zero attached hydrogens (tertiary/aromatic N) is 7. The van der Waals surface area contributed by atoms with Gasteiger partial charge in [0, 0.05) is 11.1 Å². The smallest absolute Gasteiger partial charge is 0.338 e. The number of ether oxygens (including phenoxy) is 1. The minimum Gasteiger partial charge on any atom is -0.459 e. The van der Waals surface area contributed by atoms with E-state index in [4.69, 9.17) is 14.7 Å². The quantitative estimate of drug-likeness (QED) is 0.0557. The Balaban J connectivity index is 0.000000197. The summed E-state index contributed by atoms with van der Waals surface area (Å²) in [5.41, 5.74) is 6.58. The highest BCUT2D eigenvalue weighted by molar-refractivity contribution is 6.47. The van der Waals surface area contributed by atoms with Gasteiger partial charge in [-0.3, -0.25) is 24.9 Å². The summed E-state index contributed by atoms with van der Waals surface area (Å²) >= 11 is 0. The predicted molar refractivity (Wildman–Crippen MR) is 343 cm³/mol.